The lowest BCUT2D eigenvalue weighted by Gasteiger charge is -2.22. The summed E-state index contributed by atoms with van der Waals surface area (Å²) in [6, 6.07) is 7.65. The van der Waals surface area contributed by atoms with Gasteiger partial charge in [-0.05, 0) is 50.3 Å². The molecule has 0 amide bonds. The van der Waals surface area contributed by atoms with Crippen LogP contribution in [0, 0.1) is 5.92 Å². The van der Waals surface area contributed by atoms with E-state index in [-0.39, 0.29) is 12.2 Å². The maximum absolute atomic E-state index is 10.4. The fourth-order valence-electron chi connectivity index (χ4n) is 2.24. The number of aliphatic hydroxyl groups is 1. The van der Waals surface area contributed by atoms with Crippen LogP contribution in [0.3, 0.4) is 0 Å². The van der Waals surface area contributed by atoms with Crippen LogP contribution in [-0.4, -0.2) is 24.4 Å². The van der Waals surface area contributed by atoms with E-state index >= 15 is 0 Å². The molecular weight excluding hydrogens is 228 g/mol. The van der Waals surface area contributed by atoms with E-state index in [0.717, 1.165) is 24.2 Å². The molecule has 0 radical (unpaired) electrons. The van der Waals surface area contributed by atoms with Crippen LogP contribution in [0.25, 0.3) is 0 Å². The van der Waals surface area contributed by atoms with E-state index in [0.29, 0.717) is 5.92 Å². The maximum Gasteiger partial charge on any atom is 0.120 e. The second kappa shape index (κ2) is 5.72. The van der Waals surface area contributed by atoms with Crippen LogP contribution in [0.4, 0.5) is 0 Å². The Labute approximate surface area is 109 Å². The predicted molar refractivity (Wildman–Crippen MR) is 70.7 cm³/mol. The Bertz CT molecular complexity index is 385. The van der Waals surface area contributed by atoms with Crippen molar-refractivity contribution in [3.05, 3.63) is 29.8 Å². The molecule has 3 nitrogen and oxygen atoms in total. The number of methoxy groups -OCH3 is 1. The van der Waals surface area contributed by atoms with Crippen molar-refractivity contribution in [2.45, 2.75) is 45.0 Å². The molecule has 1 saturated carbocycles. The first kappa shape index (κ1) is 13.4. The van der Waals surface area contributed by atoms with E-state index in [9.17, 15) is 5.11 Å². The van der Waals surface area contributed by atoms with Gasteiger partial charge in [-0.3, -0.25) is 0 Å². The first-order valence-electron chi connectivity index (χ1n) is 6.59. The van der Waals surface area contributed by atoms with Crippen molar-refractivity contribution in [1.29, 1.82) is 0 Å². The third-order valence-electron chi connectivity index (χ3n) is 3.24. The lowest BCUT2D eigenvalue weighted by molar-refractivity contribution is -0.0260. The van der Waals surface area contributed by atoms with Crippen LogP contribution < -0.4 is 4.74 Å². The molecule has 1 aromatic rings. The molecule has 0 heterocycles. The molecule has 1 aliphatic rings. The molecule has 18 heavy (non-hydrogen) atoms. The Morgan fingerprint density at radius 1 is 1.28 bits per heavy atom. The Kier molecular flexibility index (Phi) is 4.25. The second-order valence-electron chi connectivity index (χ2n) is 5.22. The number of benzene rings is 1. The van der Waals surface area contributed by atoms with E-state index in [2.05, 4.69) is 0 Å². The zero-order valence-electron chi connectivity index (χ0n) is 11.3. The molecule has 100 valence electrons. The number of ether oxygens (including phenoxy) is 2. The fraction of sp³-hybridized carbons (Fsp3) is 0.600. The summed E-state index contributed by atoms with van der Waals surface area (Å²) in [4.78, 5) is 0. The molecule has 0 aromatic heterocycles. The summed E-state index contributed by atoms with van der Waals surface area (Å²) in [5.74, 6) is 1.30. The van der Waals surface area contributed by atoms with Gasteiger partial charge >= 0.3 is 0 Å². The van der Waals surface area contributed by atoms with Gasteiger partial charge in [0.2, 0.25) is 0 Å². The number of hydrogen-bond donors (Lipinski definition) is 1. The molecule has 0 saturated heterocycles. The third-order valence-corrected chi connectivity index (χ3v) is 3.24. The second-order valence-corrected chi connectivity index (χ2v) is 5.22. The average Bonchev–Trinajstić information content (AvgIpc) is 3.14. The van der Waals surface area contributed by atoms with E-state index in [4.69, 9.17) is 9.47 Å². The molecule has 0 aliphatic heterocycles. The molecule has 2 atom stereocenters. The van der Waals surface area contributed by atoms with Crippen LogP contribution in [0.5, 0.6) is 5.75 Å². The van der Waals surface area contributed by atoms with Crippen molar-refractivity contribution < 1.29 is 14.6 Å². The van der Waals surface area contributed by atoms with Gasteiger partial charge in [0.25, 0.3) is 0 Å². The van der Waals surface area contributed by atoms with Gasteiger partial charge in [-0.15, -0.1) is 0 Å². The van der Waals surface area contributed by atoms with E-state index in [1.807, 2.05) is 38.1 Å². The minimum atomic E-state index is -0.571. The summed E-state index contributed by atoms with van der Waals surface area (Å²) in [5.41, 5.74) is 0.868. The Balaban J connectivity index is 2.11. The summed E-state index contributed by atoms with van der Waals surface area (Å²) < 4.78 is 11.1. The SMILES string of the molecule is COC(C1CC1)C(O)c1cccc(OC(C)C)c1. The van der Waals surface area contributed by atoms with Gasteiger partial charge in [0.1, 0.15) is 11.9 Å². The van der Waals surface area contributed by atoms with Crippen LogP contribution in [0.1, 0.15) is 38.4 Å². The Hall–Kier alpha value is -1.06. The highest BCUT2D eigenvalue weighted by atomic mass is 16.5. The zero-order chi connectivity index (χ0) is 13.1. The first-order valence-corrected chi connectivity index (χ1v) is 6.59. The van der Waals surface area contributed by atoms with Gasteiger partial charge in [0.05, 0.1) is 12.2 Å². The standard InChI is InChI=1S/C15H22O3/c1-10(2)18-13-6-4-5-12(9-13)14(16)15(17-3)11-7-8-11/h4-6,9-11,14-16H,7-8H2,1-3H3. The van der Waals surface area contributed by atoms with Gasteiger partial charge < -0.3 is 14.6 Å². The van der Waals surface area contributed by atoms with Crippen molar-refractivity contribution in [3.8, 4) is 5.75 Å². The van der Waals surface area contributed by atoms with E-state index in [1.165, 1.54) is 0 Å². The maximum atomic E-state index is 10.4. The molecule has 1 fully saturated rings. The number of hydrogen-bond acceptors (Lipinski definition) is 3. The fourth-order valence-corrected chi connectivity index (χ4v) is 2.24. The minimum absolute atomic E-state index is 0.0979. The van der Waals surface area contributed by atoms with Gasteiger partial charge in [-0.1, -0.05) is 12.1 Å². The highest BCUT2D eigenvalue weighted by Crippen LogP contribution is 2.40. The molecule has 2 rings (SSSR count). The minimum Gasteiger partial charge on any atom is -0.491 e. The van der Waals surface area contributed by atoms with Crippen LogP contribution in [0.15, 0.2) is 24.3 Å². The van der Waals surface area contributed by atoms with Crippen molar-refractivity contribution in [2.75, 3.05) is 7.11 Å². The summed E-state index contributed by atoms with van der Waals surface area (Å²) in [5, 5.41) is 10.4. The summed E-state index contributed by atoms with van der Waals surface area (Å²) in [6.07, 6.45) is 1.77. The van der Waals surface area contributed by atoms with Crippen molar-refractivity contribution in [2.24, 2.45) is 5.92 Å². The van der Waals surface area contributed by atoms with Crippen molar-refractivity contribution >= 4 is 0 Å². The molecule has 0 spiro atoms. The molecule has 1 aromatic carbocycles. The zero-order valence-corrected chi connectivity index (χ0v) is 11.3. The van der Waals surface area contributed by atoms with Crippen LogP contribution in [-0.2, 0) is 4.74 Å². The Morgan fingerprint density at radius 3 is 2.56 bits per heavy atom. The molecule has 1 N–H and O–H groups in total. The molecule has 1 aliphatic carbocycles. The number of aliphatic hydroxyl groups excluding tert-OH is 1. The van der Waals surface area contributed by atoms with Crippen molar-refractivity contribution in [3.63, 3.8) is 0 Å². The topological polar surface area (TPSA) is 38.7 Å². The van der Waals surface area contributed by atoms with Crippen LogP contribution in [0.2, 0.25) is 0 Å². The van der Waals surface area contributed by atoms with Crippen LogP contribution >= 0.6 is 0 Å². The average molecular weight is 250 g/mol. The smallest absolute Gasteiger partial charge is 0.120 e. The monoisotopic (exact) mass is 250 g/mol. The van der Waals surface area contributed by atoms with Gasteiger partial charge in [0, 0.05) is 7.11 Å². The normalized spacial score (nSPS) is 18.7. The lowest BCUT2D eigenvalue weighted by Crippen LogP contribution is -2.23. The lowest BCUT2D eigenvalue weighted by atomic mass is 10.0. The molecule has 0 bridgehead atoms. The van der Waals surface area contributed by atoms with E-state index < -0.39 is 6.10 Å². The van der Waals surface area contributed by atoms with Gasteiger partial charge in [-0.2, -0.15) is 0 Å². The molecule has 2 unspecified atom stereocenters. The van der Waals surface area contributed by atoms with Gasteiger partial charge in [0.15, 0.2) is 0 Å². The summed E-state index contributed by atoms with van der Waals surface area (Å²) in [7, 11) is 1.67. The predicted octanol–water partition coefficient (Wildman–Crippen LogP) is 2.93. The third kappa shape index (κ3) is 3.24. The number of rotatable bonds is 6. The van der Waals surface area contributed by atoms with Crippen molar-refractivity contribution in [1.82, 2.24) is 0 Å². The quantitative estimate of drug-likeness (QED) is 0.843. The summed E-state index contributed by atoms with van der Waals surface area (Å²) in [6.45, 7) is 3.98. The van der Waals surface area contributed by atoms with E-state index in [1.54, 1.807) is 7.11 Å². The first-order chi connectivity index (χ1) is 8.61. The highest BCUT2D eigenvalue weighted by Gasteiger charge is 2.36. The Morgan fingerprint density at radius 2 is 2.00 bits per heavy atom. The molecular formula is C15H22O3. The molecule has 3 heteroatoms. The summed E-state index contributed by atoms with van der Waals surface area (Å²) >= 11 is 0. The van der Waals surface area contributed by atoms with Gasteiger partial charge in [-0.25, -0.2) is 0 Å². The largest absolute Gasteiger partial charge is 0.491 e. The highest BCUT2D eigenvalue weighted by molar-refractivity contribution is 5.30.